The molecular weight excluding hydrogens is 236 g/mol. The Hall–Kier alpha value is -0.750. The van der Waals surface area contributed by atoms with Crippen molar-refractivity contribution in [2.75, 3.05) is 0 Å². The molecule has 1 fully saturated rings. The van der Waals surface area contributed by atoms with Crippen LogP contribution in [0.1, 0.15) is 39.0 Å². The lowest BCUT2D eigenvalue weighted by atomic mass is 10.1. The first kappa shape index (κ1) is 12.7. The number of nitrogens with zero attached hydrogens (tertiary/aromatic N) is 2. The Morgan fingerprint density at radius 2 is 2.24 bits per heavy atom. The normalized spacial score (nSPS) is 25.8. The van der Waals surface area contributed by atoms with Gasteiger partial charge in [0.1, 0.15) is 0 Å². The third-order valence-electron chi connectivity index (χ3n) is 3.30. The van der Waals surface area contributed by atoms with Crippen molar-refractivity contribution in [1.29, 1.82) is 0 Å². The SMILES string of the molecule is CCn1c(SC2CCCCCC2N)n[nH]c1=O. The minimum absolute atomic E-state index is 0.128. The van der Waals surface area contributed by atoms with E-state index in [0.29, 0.717) is 11.8 Å². The van der Waals surface area contributed by atoms with E-state index >= 15 is 0 Å². The van der Waals surface area contributed by atoms with Gasteiger partial charge in [-0.25, -0.2) is 9.89 Å². The Kier molecular flexibility index (Phi) is 4.28. The van der Waals surface area contributed by atoms with Gasteiger partial charge in [0.2, 0.25) is 0 Å². The predicted molar refractivity (Wildman–Crippen MR) is 69.2 cm³/mol. The molecule has 2 unspecified atom stereocenters. The molecule has 5 nitrogen and oxygen atoms in total. The maximum atomic E-state index is 11.5. The molecule has 0 saturated heterocycles. The molecule has 1 aliphatic carbocycles. The first-order valence-corrected chi connectivity index (χ1v) is 7.17. The van der Waals surface area contributed by atoms with E-state index in [1.807, 2.05) is 6.92 Å². The van der Waals surface area contributed by atoms with Crippen LogP contribution in [0.15, 0.2) is 9.95 Å². The summed E-state index contributed by atoms with van der Waals surface area (Å²) in [5.74, 6) is 0. The third kappa shape index (κ3) is 2.93. The molecule has 96 valence electrons. The molecule has 1 aromatic heterocycles. The van der Waals surface area contributed by atoms with E-state index in [4.69, 9.17) is 5.73 Å². The molecule has 0 spiro atoms. The topological polar surface area (TPSA) is 76.7 Å². The summed E-state index contributed by atoms with van der Waals surface area (Å²) in [5.41, 5.74) is 6.05. The summed E-state index contributed by atoms with van der Waals surface area (Å²) in [7, 11) is 0. The van der Waals surface area contributed by atoms with Crippen LogP contribution < -0.4 is 11.4 Å². The average Bonchev–Trinajstić information content (AvgIpc) is 2.54. The second-order valence-corrected chi connectivity index (χ2v) is 5.72. The molecule has 1 heterocycles. The summed E-state index contributed by atoms with van der Waals surface area (Å²) in [5, 5.41) is 7.75. The number of H-pyrrole nitrogens is 1. The number of nitrogens with two attached hydrogens (primary N) is 1. The molecule has 0 aromatic carbocycles. The lowest BCUT2D eigenvalue weighted by Gasteiger charge is -2.19. The molecule has 1 saturated carbocycles. The largest absolute Gasteiger partial charge is 0.343 e. The minimum Gasteiger partial charge on any atom is -0.327 e. The molecule has 17 heavy (non-hydrogen) atoms. The summed E-state index contributed by atoms with van der Waals surface area (Å²) >= 11 is 1.65. The smallest absolute Gasteiger partial charge is 0.327 e. The Balaban J connectivity index is 2.10. The van der Waals surface area contributed by atoms with Gasteiger partial charge in [-0.05, 0) is 19.8 Å². The van der Waals surface area contributed by atoms with Crippen molar-refractivity contribution < 1.29 is 0 Å². The summed E-state index contributed by atoms with van der Waals surface area (Å²) < 4.78 is 1.67. The van der Waals surface area contributed by atoms with Crippen molar-refractivity contribution in [1.82, 2.24) is 14.8 Å². The van der Waals surface area contributed by atoms with Crippen LogP contribution >= 0.6 is 11.8 Å². The van der Waals surface area contributed by atoms with Crippen molar-refractivity contribution in [2.45, 2.75) is 62.0 Å². The molecule has 2 atom stereocenters. The van der Waals surface area contributed by atoms with Gasteiger partial charge in [0.05, 0.1) is 0 Å². The number of hydrogen-bond donors (Lipinski definition) is 2. The van der Waals surface area contributed by atoms with Crippen molar-refractivity contribution in [2.24, 2.45) is 5.73 Å². The van der Waals surface area contributed by atoms with Crippen LogP contribution in [0.5, 0.6) is 0 Å². The molecule has 2 rings (SSSR count). The van der Waals surface area contributed by atoms with Crippen LogP contribution in [0.4, 0.5) is 0 Å². The lowest BCUT2D eigenvalue weighted by Crippen LogP contribution is -2.31. The average molecular weight is 256 g/mol. The van der Waals surface area contributed by atoms with Crippen LogP contribution in [0.2, 0.25) is 0 Å². The van der Waals surface area contributed by atoms with Gasteiger partial charge in [0.25, 0.3) is 0 Å². The van der Waals surface area contributed by atoms with Crippen molar-refractivity contribution in [3.63, 3.8) is 0 Å². The zero-order valence-electron chi connectivity index (χ0n) is 10.2. The van der Waals surface area contributed by atoms with E-state index in [9.17, 15) is 4.79 Å². The van der Waals surface area contributed by atoms with E-state index in [1.165, 1.54) is 19.3 Å². The van der Waals surface area contributed by atoms with Crippen LogP contribution in [0, 0.1) is 0 Å². The number of thioether (sulfide) groups is 1. The maximum absolute atomic E-state index is 11.5. The second kappa shape index (κ2) is 5.73. The second-order valence-electron chi connectivity index (χ2n) is 4.51. The van der Waals surface area contributed by atoms with E-state index in [1.54, 1.807) is 16.3 Å². The first-order chi connectivity index (χ1) is 8.22. The van der Waals surface area contributed by atoms with Crippen molar-refractivity contribution >= 4 is 11.8 Å². The van der Waals surface area contributed by atoms with Gasteiger partial charge in [-0.2, -0.15) is 0 Å². The molecule has 1 aromatic rings. The van der Waals surface area contributed by atoms with Crippen LogP contribution in [-0.2, 0) is 6.54 Å². The number of hydrogen-bond acceptors (Lipinski definition) is 4. The van der Waals surface area contributed by atoms with E-state index in [0.717, 1.165) is 18.0 Å². The van der Waals surface area contributed by atoms with Crippen molar-refractivity contribution in [3.8, 4) is 0 Å². The highest BCUT2D eigenvalue weighted by atomic mass is 32.2. The lowest BCUT2D eigenvalue weighted by molar-refractivity contribution is 0.590. The minimum atomic E-state index is -0.128. The molecule has 0 aliphatic heterocycles. The number of aromatic amines is 1. The Morgan fingerprint density at radius 3 is 3.00 bits per heavy atom. The summed E-state index contributed by atoms with van der Waals surface area (Å²) in [6.45, 7) is 2.60. The van der Waals surface area contributed by atoms with E-state index in [-0.39, 0.29) is 11.7 Å². The molecular formula is C11H20N4OS. The third-order valence-corrected chi connectivity index (χ3v) is 4.71. The first-order valence-electron chi connectivity index (χ1n) is 6.29. The fourth-order valence-corrected chi connectivity index (χ4v) is 3.56. The quantitative estimate of drug-likeness (QED) is 0.800. The van der Waals surface area contributed by atoms with E-state index < -0.39 is 0 Å². The van der Waals surface area contributed by atoms with Gasteiger partial charge in [-0.15, -0.1) is 5.10 Å². The Labute approximate surface area is 105 Å². The van der Waals surface area contributed by atoms with Gasteiger partial charge >= 0.3 is 5.69 Å². The summed E-state index contributed by atoms with van der Waals surface area (Å²) in [6, 6.07) is 0.222. The van der Waals surface area contributed by atoms with Crippen LogP contribution in [0.25, 0.3) is 0 Å². The molecule has 0 radical (unpaired) electrons. The highest BCUT2D eigenvalue weighted by Crippen LogP contribution is 2.30. The fourth-order valence-electron chi connectivity index (χ4n) is 2.26. The Morgan fingerprint density at radius 1 is 1.47 bits per heavy atom. The summed E-state index contributed by atoms with van der Waals surface area (Å²) in [4.78, 5) is 11.5. The van der Waals surface area contributed by atoms with Crippen LogP contribution in [0.3, 0.4) is 0 Å². The van der Waals surface area contributed by atoms with Gasteiger partial charge in [0.15, 0.2) is 5.16 Å². The molecule has 3 N–H and O–H groups in total. The van der Waals surface area contributed by atoms with Gasteiger partial charge < -0.3 is 5.73 Å². The van der Waals surface area contributed by atoms with E-state index in [2.05, 4.69) is 10.2 Å². The van der Waals surface area contributed by atoms with Gasteiger partial charge in [-0.1, -0.05) is 31.0 Å². The number of rotatable bonds is 3. The zero-order chi connectivity index (χ0) is 12.3. The monoisotopic (exact) mass is 256 g/mol. The van der Waals surface area contributed by atoms with Gasteiger partial charge in [0, 0.05) is 17.8 Å². The predicted octanol–water partition coefficient (Wildman–Crippen LogP) is 1.34. The molecule has 1 aliphatic rings. The number of nitrogens with one attached hydrogen (secondary N) is 1. The highest BCUT2D eigenvalue weighted by molar-refractivity contribution is 7.99. The van der Waals surface area contributed by atoms with Crippen molar-refractivity contribution in [3.05, 3.63) is 10.5 Å². The van der Waals surface area contributed by atoms with Crippen LogP contribution in [-0.4, -0.2) is 26.1 Å². The molecule has 0 amide bonds. The highest BCUT2D eigenvalue weighted by Gasteiger charge is 2.23. The Bertz CT molecular complexity index is 414. The maximum Gasteiger partial charge on any atom is 0.343 e. The fraction of sp³-hybridized carbons (Fsp3) is 0.818. The summed E-state index contributed by atoms with van der Waals surface area (Å²) in [6.07, 6.45) is 5.92. The zero-order valence-corrected chi connectivity index (χ0v) is 11.0. The standard InChI is InChI=1S/C11H20N4OS/c1-2-15-10(16)13-14-11(15)17-9-7-5-3-4-6-8(9)12/h8-9H,2-7,12H2,1H3,(H,13,16). The van der Waals surface area contributed by atoms with Gasteiger partial charge in [-0.3, -0.25) is 4.57 Å². The molecule has 0 bridgehead atoms. The number of aromatic nitrogens is 3. The molecule has 6 heteroatoms.